The summed E-state index contributed by atoms with van der Waals surface area (Å²) in [4.78, 5) is 21.8. The molecule has 1 aromatic carbocycles. The molecular formula is C19H21N3O. The fourth-order valence-corrected chi connectivity index (χ4v) is 3.62. The van der Waals surface area contributed by atoms with Crippen LogP contribution in [0.3, 0.4) is 0 Å². The Kier molecular flexibility index (Phi) is 3.74. The van der Waals surface area contributed by atoms with Gasteiger partial charge in [-0.3, -0.25) is 4.79 Å². The quantitative estimate of drug-likeness (QED) is 0.854. The number of benzene rings is 1. The summed E-state index contributed by atoms with van der Waals surface area (Å²) in [5.41, 5.74) is 3.03. The average molecular weight is 307 g/mol. The standard InChI is InChI=1S/C19H21N3O/c23-19(22-14-10-15-7-2-3-9-17(15)22)16-8-6-11-20-18(16)21-12-4-1-5-13-21/h2-3,6-9,11H,1,4-5,10,12-14H2. The van der Waals surface area contributed by atoms with E-state index in [1.165, 1.54) is 24.8 Å². The lowest BCUT2D eigenvalue weighted by atomic mass is 10.1. The lowest BCUT2D eigenvalue weighted by Gasteiger charge is -2.30. The van der Waals surface area contributed by atoms with Crippen molar-refractivity contribution in [2.45, 2.75) is 25.7 Å². The number of carbonyl (C=O) groups excluding carboxylic acids is 1. The molecule has 118 valence electrons. The number of carbonyl (C=O) groups is 1. The van der Waals surface area contributed by atoms with Gasteiger partial charge in [0, 0.05) is 31.5 Å². The van der Waals surface area contributed by atoms with E-state index in [0.29, 0.717) is 0 Å². The zero-order chi connectivity index (χ0) is 15.6. The zero-order valence-corrected chi connectivity index (χ0v) is 13.2. The number of rotatable bonds is 2. The van der Waals surface area contributed by atoms with Crippen LogP contribution < -0.4 is 9.80 Å². The third kappa shape index (κ3) is 2.58. The zero-order valence-electron chi connectivity index (χ0n) is 13.2. The first-order valence-electron chi connectivity index (χ1n) is 8.44. The molecule has 2 aliphatic rings. The van der Waals surface area contributed by atoms with Crippen molar-refractivity contribution in [3.05, 3.63) is 53.7 Å². The molecule has 2 aromatic rings. The smallest absolute Gasteiger partial charge is 0.262 e. The van der Waals surface area contributed by atoms with Crippen molar-refractivity contribution in [2.75, 3.05) is 29.4 Å². The van der Waals surface area contributed by atoms with Gasteiger partial charge in [-0.05, 0) is 49.4 Å². The molecule has 0 N–H and O–H groups in total. The summed E-state index contributed by atoms with van der Waals surface area (Å²) >= 11 is 0. The number of hydrogen-bond acceptors (Lipinski definition) is 3. The second-order valence-electron chi connectivity index (χ2n) is 6.26. The Balaban J connectivity index is 1.67. The van der Waals surface area contributed by atoms with Crippen molar-refractivity contribution < 1.29 is 4.79 Å². The summed E-state index contributed by atoms with van der Waals surface area (Å²) in [6.45, 7) is 2.74. The number of pyridine rings is 1. The molecule has 1 aromatic heterocycles. The first-order chi connectivity index (χ1) is 11.3. The molecule has 0 atom stereocenters. The predicted molar refractivity (Wildman–Crippen MR) is 92.1 cm³/mol. The number of amides is 1. The molecule has 4 rings (SSSR count). The minimum Gasteiger partial charge on any atom is -0.356 e. The van der Waals surface area contributed by atoms with Gasteiger partial charge < -0.3 is 9.80 Å². The number of aromatic nitrogens is 1. The number of anilines is 2. The number of hydrogen-bond donors (Lipinski definition) is 0. The van der Waals surface area contributed by atoms with Crippen LogP contribution in [-0.2, 0) is 6.42 Å². The summed E-state index contributed by atoms with van der Waals surface area (Å²) in [7, 11) is 0. The number of piperidine rings is 1. The normalized spacial score (nSPS) is 17.2. The van der Waals surface area contributed by atoms with Gasteiger partial charge in [0.1, 0.15) is 5.82 Å². The molecule has 1 amide bonds. The van der Waals surface area contributed by atoms with Crippen molar-refractivity contribution in [1.29, 1.82) is 0 Å². The molecule has 3 heterocycles. The molecule has 1 saturated heterocycles. The Morgan fingerprint density at radius 3 is 2.65 bits per heavy atom. The van der Waals surface area contributed by atoms with E-state index in [1.807, 2.05) is 35.2 Å². The van der Waals surface area contributed by atoms with Crippen LogP contribution in [0, 0.1) is 0 Å². The van der Waals surface area contributed by atoms with Crippen LogP contribution in [0.15, 0.2) is 42.6 Å². The van der Waals surface area contributed by atoms with Gasteiger partial charge in [-0.25, -0.2) is 4.98 Å². The van der Waals surface area contributed by atoms with Crippen molar-refractivity contribution >= 4 is 17.4 Å². The molecule has 2 aliphatic heterocycles. The maximum Gasteiger partial charge on any atom is 0.262 e. The van der Waals surface area contributed by atoms with Gasteiger partial charge in [-0.2, -0.15) is 0 Å². The van der Waals surface area contributed by atoms with E-state index in [-0.39, 0.29) is 5.91 Å². The topological polar surface area (TPSA) is 36.4 Å². The van der Waals surface area contributed by atoms with Crippen molar-refractivity contribution in [2.24, 2.45) is 0 Å². The Morgan fingerprint density at radius 2 is 1.78 bits per heavy atom. The largest absolute Gasteiger partial charge is 0.356 e. The van der Waals surface area contributed by atoms with E-state index in [2.05, 4.69) is 16.0 Å². The van der Waals surface area contributed by atoms with Gasteiger partial charge in [-0.15, -0.1) is 0 Å². The lowest BCUT2D eigenvalue weighted by Crippen LogP contribution is -2.35. The molecule has 23 heavy (non-hydrogen) atoms. The molecule has 0 radical (unpaired) electrons. The van der Waals surface area contributed by atoms with E-state index in [4.69, 9.17) is 0 Å². The fourth-order valence-electron chi connectivity index (χ4n) is 3.62. The molecule has 0 unspecified atom stereocenters. The summed E-state index contributed by atoms with van der Waals surface area (Å²) in [5.74, 6) is 0.921. The predicted octanol–water partition coefficient (Wildman–Crippen LogP) is 3.27. The van der Waals surface area contributed by atoms with Gasteiger partial charge in [0.2, 0.25) is 0 Å². The van der Waals surface area contributed by atoms with Crippen LogP contribution in [0.5, 0.6) is 0 Å². The minimum atomic E-state index is 0.0728. The first-order valence-corrected chi connectivity index (χ1v) is 8.44. The highest BCUT2D eigenvalue weighted by atomic mass is 16.2. The third-order valence-electron chi connectivity index (χ3n) is 4.80. The maximum atomic E-state index is 13.1. The molecular weight excluding hydrogens is 286 g/mol. The van der Waals surface area contributed by atoms with Gasteiger partial charge in [-0.1, -0.05) is 18.2 Å². The van der Waals surface area contributed by atoms with Crippen LogP contribution in [-0.4, -0.2) is 30.5 Å². The van der Waals surface area contributed by atoms with Crippen LogP contribution >= 0.6 is 0 Å². The van der Waals surface area contributed by atoms with Crippen molar-refractivity contribution in [3.63, 3.8) is 0 Å². The van der Waals surface area contributed by atoms with E-state index in [9.17, 15) is 4.79 Å². The second kappa shape index (κ2) is 6.03. The summed E-state index contributed by atoms with van der Waals surface area (Å²) in [6.07, 6.45) is 6.35. The summed E-state index contributed by atoms with van der Waals surface area (Å²) < 4.78 is 0. The molecule has 4 heteroatoms. The van der Waals surface area contributed by atoms with Crippen LogP contribution in [0.2, 0.25) is 0 Å². The molecule has 1 fully saturated rings. The van der Waals surface area contributed by atoms with E-state index < -0.39 is 0 Å². The van der Waals surface area contributed by atoms with Gasteiger partial charge >= 0.3 is 0 Å². The number of nitrogens with zero attached hydrogens (tertiary/aromatic N) is 3. The molecule has 0 aliphatic carbocycles. The molecule has 0 saturated carbocycles. The average Bonchev–Trinajstić information content (AvgIpc) is 3.06. The third-order valence-corrected chi connectivity index (χ3v) is 4.80. The Morgan fingerprint density at radius 1 is 0.957 bits per heavy atom. The SMILES string of the molecule is O=C(c1cccnc1N1CCCCC1)N1CCc2ccccc21. The van der Waals surface area contributed by atoms with E-state index in [0.717, 1.165) is 43.1 Å². The van der Waals surface area contributed by atoms with Crippen LogP contribution in [0.25, 0.3) is 0 Å². The highest BCUT2D eigenvalue weighted by molar-refractivity contribution is 6.10. The van der Waals surface area contributed by atoms with Crippen LogP contribution in [0.4, 0.5) is 11.5 Å². The van der Waals surface area contributed by atoms with Gasteiger partial charge in [0.15, 0.2) is 0 Å². The summed E-state index contributed by atoms with van der Waals surface area (Å²) in [6, 6.07) is 12.0. The van der Waals surface area contributed by atoms with Crippen molar-refractivity contribution in [3.8, 4) is 0 Å². The van der Waals surface area contributed by atoms with E-state index in [1.54, 1.807) is 6.20 Å². The molecule has 4 nitrogen and oxygen atoms in total. The Labute approximate surface area is 136 Å². The van der Waals surface area contributed by atoms with E-state index >= 15 is 0 Å². The highest BCUT2D eigenvalue weighted by Gasteiger charge is 2.28. The minimum absolute atomic E-state index is 0.0728. The van der Waals surface area contributed by atoms with Gasteiger partial charge in [0.25, 0.3) is 5.91 Å². The monoisotopic (exact) mass is 307 g/mol. The van der Waals surface area contributed by atoms with Crippen molar-refractivity contribution in [1.82, 2.24) is 4.98 Å². The Hall–Kier alpha value is -2.36. The second-order valence-corrected chi connectivity index (χ2v) is 6.26. The Bertz CT molecular complexity index is 722. The molecule has 0 bridgehead atoms. The maximum absolute atomic E-state index is 13.1. The first kappa shape index (κ1) is 14.2. The van der Waals surface area contributed by atoms with Gasteiger partial charge in [0.05, 0.1) is 5.56 Å². The lowest BCUT2D eigenvalue weighted by molar-refractivity contribution is 0.0989. The molecule has 0 spiro atoms. The highest BCUT2D eigenvalue weighted by Crippen LogP contribution is 2.31. The fraction of sp³-hybridized carbons (Fsp3) is 0.368. The van der Waals surface area contributed by atoms with Crippen LogP contribution in [0.1, 0.15) is 35.2 Å². The number of fused-ring (bicyclic) bond motifs is 1. The summed E-state index contributed by atoms with van der Waals surface area (Å²) in [5, 5.41) is 0. The number of para-hydroxylation sites is 1.